The number of hydrogen-bond donors (Lipinski definition) is 4. The van der Waals surface area contributed by atoms with Crippen molar-refractivity contribution in [3.05, 3.63) is 0 Å². The second kappa shape index (κ2) is 6.63. The monoisotopic (exact) mass is 216 g/mol. The summed E-state index contributed by atoms with van der Waals surface area (Å²) in [5.74, 6) is -1.60. The van der Waals surface area contributed by atoms with Gasteiger partial charge < -0.3 is 22.0 Å². The fraction of sp³-hybridized carbons (Fsp3) is 0.625. The summed E-state index contributed by atoms with van der Waals surface area (Å²) in [5.41, 5.74) is 10.1. The normalized spacial score (nSPS) is 13.3. The lowest BCUT2D eigenvalue weighted by atomic mass is 10.1. The molecular formula is C8H16N4O3. The van der Waals surface area contributed by atoms with Gasteiger partial charge in [-0.05, 0) is 13.3 Å². The van der Waals surface area contributed by atoms with E-state index in [9.17, 15) is 9.59 Å². The summed E-state index contributed by atoms with van der Waals surface area (Å²) in [6, 6.07) is 0. The van der Waals surface area contributed by atoms with Gasteiger partial charge in [-0.15, -0.1) is 0 Å². The van der Waals surface area contributed by atoms with Crippen molar-refractivity contribution in [2.45, 2.75) is 19.8 Å². The van der Waals surface area contributed by atoms with Gasteiger partial charge >= 0.3 is 0 Å². The topological polar surface area (TPSA) is 131 Å². The first-order chi connectivity index (χ1) is 6.99. The molecule has 6 N–H and O–H groups in total. The number of nitrogens with two attached hydrogens (primary N) is 2. The lowest BCUT2D eigenvalue weighted by molar-refractivity contribution is -0.123. The molecule has 0 aromatic carbocycles. The van der Waals surface area contributed by atoms with E-state index >= 15 is 0 Å². The minimum absolute atomic E-state index is 0.151. The summed E-state index contributed by atoms with van der Waals surface area (Å²) in [5, 5.41) is 13.6. The van der Waals surface area contributed by atoms with Gasteiger partial charge in [-0.1, -0.05) is 5.16 Å². The largest absolute Gasteiger partial charge is 0.409 e. The predicted octanol–water partition coefficient (Wildman–Crippen LogP) is -1.25. The van der Waals surface area contributed by atoms with E-state index in [0.717, 1.165) is 0 Å². The molecule has 1 atom stereocenters. The van der Waals surface area contributed by atoms with E-state index in [1.54, 1.807) is 0 Å². The third-order valence-electron chi connectivity index (χ3n) is 1.85. The van der Waals surface area contributed by atoms with Crippen molar-refractivity contribution in [3.8, 4) is 0 Å². The van der Waals surface area contributed by atoms with Crippen LogP contribution in [0.1, 0.15) is 19.8 Å². The highest BCUT2D eigenvalue weighted by Gasteiger charge is 2.16. The molecule has 86 valence electrons. The van der Waals surface area contributed by atoms with Gasteiger partial charge in [0.05, 0.1) is 5.92 Å². The molecule has 0 saturated carbocycles. The highest BCUT2D eigenvalue weighted by Crippen LogP contribution is 1.95. The molecule has 0 aromatic heterocycles. The van der Waals surface area contributed by atoms with Crippen molar-refractivity contribution >= 4 is 17.6 Å². The van der Waals surface area contributed by atoms with Gasteiger partial charge in [0.1, 0.15) is 0 Å². The molecule has 0 aliphatic carbocycles. The summed E-state index contributed by atoms with van der Waals surface area (Å²) >= 11 is 0. The second-order valence-electron chi connectivity index (χ2n) is 3.11. The van der Waals surface area contributed by atoms with Crippen LogP contribution in [0, 0.1) is 5.92 Å². The summed E-state index contributed by atoms with van der Waals surface area (Å²) in [6.45, 7) is 1.85. The summed E-state index contributed by atoms with van der Waals surface area (Å²) in [4.78, 5) is 21.7. The van der Waals surface area contributed by atoms with Crippen LogP contribution < -0.4 is 16.8 Å². The maximum atomic E-state index is 11.3. The van der Waals surface area contributed by atoms with Crippen LogP contribution >= 0.6 is 0 Å². The smallest absolute Gasteiger partial charge is 0.230 e. The zero-order valence-electron chi connectivity index (χ0n) is 8.56. The van der Waals surface area contributed by atoms with Crippen molar-refractivity contribution in [1.29, 1.82) is 0 Å². The zero-order chi connectivity index (χ0) is 11.8. The molecule has 7 heteroatoms. The molecular weight excluding hydrogens is 200 g/mol. The number of nitrogens with zero attached hydrogens (tertiary/aromatic N) is 1. The fourth-order valence-electron chi connectivity index (χ4n) is 0.848. The molecule has 0 radical (unpaired) electrons. The summed E-state index contributed by atoms with van der Waals surface area (Å²) in [6.07, 6.45) is 0.697. The minimum atomic E-state index is -0.691. The van der Waals surface area contributed by atoms with Gasteiger partial charge in [-0.3, -0.25) is 9.59 Å². The molecule has 0 fully saturated rings. The van der Waals surface area contributed by atoms with Crippen LogP contribution in [-0.2, 0) is 9.59 Å². The number of amidine groups is 1. The lowest BCUT2D eigenvalue weighted by Gasteiger charge is -2.09. The van der Waals surface area contributed by atoms with Crippen LogP contribution in [0.25, 0.3) is 0 Å². The molecule has 0 aromatic rings. The van der Waals surface area contributed by atoms with Crippen molar-refractivity contribution in [2.75, 3.05) is 6.54 Å². The van der Waals surface area contributed by atoms with Crippen LogP contribution in [0.2, 0.25) is 0 Å². The number of rotatable bonds is 6. The maximum absolute atomic E-state index is 11.3. The Labute approximate surface area is 87.5 Å². The van der Waals surface area contributed by atoms with Gasteiger partial charge in [0.2, 0.25) is 11.8 Å². The molecule has 7 nitrogen and oxygen atoms in total. The second-order valence-corrected chi connectivity index (χ2v) is 3.11. The Bertz CT molecular complexity index is 265. The Hall–Kier alpha value is -1.79. The fourth-order valence-corrected chi connectivity index (χ4v) is 0.848. The van der Waals surface area contributed by atoms with Crippen LogP contribution in [-0.4, -0.2) is 29.4 Å². The third kappa shape index (κ3) is 5.50. The quantitative estimate of drug-likeness (QED) is 0.145. The van der Waals surface area contributed by atoms with Crippen LogP contribution in [0.15, 0.2) is 5.16 Å². The maximum Gasteiger partial charge on any atom is 0.230 e. The molecule has 0 saturated heterocycles. The molecule has 2 amide bonds. The van der Waals surface area contributed by atoms with Crippen molar-refractivity contribution in [3.63, 3.8) is 0 Å². The number of amides is 2. The average Bonchev–Trinajstić information content (AvgIpc) is 2.21. The highest BCUT2D eigenvalue weighted by atomic mass is 16.4. The molecule has 0 spiro atoms. The van der Waals surface area contributed by atoms with E-state index < -0.39 is 11.8 Å². The third-order valence-corrected chi connectivity index (χ3v) is 1.85. The first-order valence-electron chi connectivity index (χ1n) is 4.52. The van der Waals surface area contributed by atoms with Crippen molar-refractivity contribution < 1.29 is 14.8 Å². The molecule has 0 heterocycles. The van der Waals surface area contributed by atoms with E-state index in [1.807, 2.05) is 0 Å². The van der Waals surface area contributed by atoms with Crippen LogP contribution in [0.4, 0.5) is 0 Å². The van der Waals surface area contributed by atoms with E-state index in [1.165, 1.54) is 6.92 Å². The van der Waals surface area contributed by atoms with Gasteiger partial charge in [-0.2, -0.15) is 0 Å². The van der Waals surface area contributed by atoms with Crippen LogP contribution in [0.3, 0.4) is 0 Å². The zero-order valence-corrected chi connectivity index (χ0v) is 8.56. The molecule has 0 rings (SSSR count). The SMILES string of the molecule is CC(C(=O)NCCCC(N)=O)C(N)=NO. The molecule has 15 heavy (non-hydrogen) atoms. The average molecular weight is 216 g/mol. The van der Waals surface area contributed by atoms with E-state index in [4.69, 9.17) is 16.7 Å². The highest BCUT2D eigenvalue weighted by molar-refractivity contribution is 6.01. The number of nitrogens with one attached hydrogen (secondary N) is 1. The number of carbonyl (C=O) groups excluding carboxylic acids is 2. The summed E-state index contributed by atoms with van der Waals surface area (Å²) < 4.78 is 0. The number of oxime groups is 1. The van der Waals surface area contributed by atoms with Crippen LogP contribution in [0.5, 0.6) is 0 Å². The molecule has 0 aliphatic rings. The Kier molecular flexibility index (Phi) is 5.84. The number of carbonyl (C=O) groups is 2. The number of hydrogen-bond acceptors (Lipinski definition) is 4. The van der Waals surface area contributed by atoms with Gasteiger partial charge in [0, 0.05) is 13.0 Å². The molecule has 0 bridgehead atoms. The Morgan fingerprint density at radius 3 is 2.53 bits per heavy atom. The first kappa shape index (κ1) is 13.2. The Morgan fingerprint density at radius 1 is 1.47 bits per heavy atom. The van der Waals surface area contributed by atoms with E-state index in [0.29, 0.717) is 13.0 Å². The first-order valence-corrected chi connectivity index (χ1v) is 4.52. The summed E-state index contributed by atoms with van der Waals surface area (Å²) in [7, 11) is 0. The van der Waals surface area contributed by atoms with Gasteiger partial charge in [0.15, 0.2) is 5.84 Å². The molecule has 0 aliphatic heterocycles. The van der Waals surface area contributed by atoms with Crippen molar-refractivity contribution in [2.24, 2.45) is 22.5 Å². The Morgan fingerprint density at radius 2 is 2.07 bits per heavy atom. The van der Waals surface area contributed by atoms with E-state index in [2.05, 4.69) is 10.5 Å². The predicted molar refractivity (Wildman–Crippen MR) is 54.0 cm³/mol. The lowest BCUT2D eigenvalue weighted by Crippen LogP contribution is -2.37. The Balaban J connectivity index is 3.79. The minimum Gasteiger partial charge on any atom is -0.409 e. The number of primary amides is 1. The standard InChI is InChI=1S/C8H16N4O3/c1-5(7(10)12-15)8(14)11-4-2-3-6(9)13/h5,15H,2-4H2,1H3,(H2,9,13)(H2,10,12)(H,11,14). The van der Waals surface area contributed by atoms with Gasteiger partial charge in [0.25, 0.3) is 0 Å². The van der Waals surface area contributed by atoms with E-state index in [-0.39, 0.29) is 18.2 Å². The van der Waals surface area contributed by atoms with Gasteiger partial charge in [-0.25, -0.2) is 0 Å². The van der Waals surface area contributed by atoms with Crippen molar-refractivity contribution in [1.82, 2.24) is 5.32 Å². The molecule has 1 unspecified atom stereocenters.